The van der Waals surface area contributed by atoms with E-state index in [2.05, 4.69) is 106 Å². The van der Waals surface area contributed by atoms with Gasteiger partial charge in [0.05, 0.1) is 11.4 Å². The van der Waals surface area contributed by atoms with Crippen LogP contribution in [0.2, 0.25) is 0 Å². The zero-order chi connectivity index (χ0) is 33.0. The molecule has 0 fully saturated rings. The van der Waals surface area contributed by atoms with Gasteiger partial charge in [-0.1, -0.05) is 54.6 Å². The number of para-hydroxylation sites is 1. The molecule has 0 aliphatic carbocycles. The van der Waals surface area contributed by atoms with Crippen molar-refractivity contribution < 1.29 is 8.83 Å². The number of furan rings is 2. The van der Waals surface area contributed by atoms with Gasteiger partial charge < -0.3 is 13.7 Å². The molecule has 0 unspecified atom stereocenters. The van der Waals surface area contributed by atoms with Gasteiger partial charge in [-0.15, -0.1) is 11.3 Å². The number of rotatable bonds is 6. The number of pyridine rings is 2. The number of fused-ring (bicyclic) bond motifs is 6. The Hall–Kier alpha value is -6.50. The highest BCUT2D eigenvalue weighted by Crippen LogP contribution is 2.45. The van der Waals surface area contributed by atoms with Gasteiger partial charge >= 0.3 is 0 Å². The minimum atomic E-state index is 0.822. The summed E-state index contributed by atoms with van der Waals surface area (Å²) in [5.41, 5.74) is 10.6. The minimum Gasteiger partial charge on any atom is -0.456 e. The maximum absolute atomic E-state index is 6.33. The molecule has 0 radical (unpaired) electrons. The molecule has 5 heterocycles. The molecule has 6 heteroatoms. The normalized spacial score (nSPS) is 11.6. The van der Waals surface area contributed by atoms with Crippen molar-refractivity contribution >= 4 is 71.6 Å². The third-order valence-corrected chi connectivity index (χ3v) is 10.3. The molecule has 0 aliphatic heterocycles. The van der Waals surface area contributed by atoms with E-state index >= 15 is 0 Å². The number of hydrogen-bond acceptors (Lipinski definition) is 6. The monoisotopic (exact) mass is 661 g/mol. The lowest BCUT2D eigenvalue weighted by Crippen LogP contribution is -2.08. The lowest BCUT2D eigenvalue weighted by Gasteiger charge is -2.24. The molecule has 5 aromatic heterocycles. The predicted octanol–water partition coefficient (Wildman–Crippen LogP) is 12.8. The van der Waals surface area contributed by atoms with E-state index < -0.39 is 0 Å². The Labute approximate surface area is 291 Å². The van der Waals surface area contributed by atoms with Gasteiger partial charge in [-0.25, -0.2) is 0 Å². The van der Waals surface area contributed by atoms with Gasteiger partial charge in [0, 0.05) is 67.4 Å². The van der Waals surface area contributed by atoms with Crippen molar-refractivity contribution in [3.8, 4) is 33.0 Å². The Morgan fingerprint density at radius 3 is 1.72 bits per heavy atom. The summed E-state index contributed by atoms with van der Waals surface area (Å²) in [5.74, 6) is 0. The van der Waals surface area contributed by atoms with Crippen molar-refractivity contribution in [3.05, 3.63) is 164 Å². The molecule has 0 saturated carbocycles. The molecule has 0 amide bonds. The van der Waals surface area contributed by atoms with E-state index in [4.69, 9.17) is 8.83 Å². The fourth-order valence-corrected chi connectivity index (χ4v) is 7.88. The van der Waals surface area contributed by atoms with Crippen molar-refractivity contribution in [2.24, 2.45) is 0 Å². The van der Waals surface area contributed by atoms with Crippen LogP contribution in [0.25, 0.3) is 76.8 Å². The van der Waals surface area contributed by atoms with Gasteiger partial charge in [-0.3, -0.25) is 9.97 Å². The van der Waals surface area contributed by atoms with E-state index in [9.17, 15) is 0 Å². The molecular weight excluding hydrogens is 635 g/mol. The molecule has 0 N–H and O–H groups in total. The van der Waals surface area contributed by atoms with Gasteiger partial charge in [-0.05, 0) is 96.6 Å². The van der Waals surface area contributed by atoms with Gasteiger partial charge in [-0.2, -0.15) is 0 Å². The summed E-state index contributed by atoms with van der Waals surface area (Å²) >= 11 is 1.76. The smallest absolute Gasteiger partial charge is 0.139 e. The number of nitrogens with zero attached hydrogens (tertiary/aromatic N) is 3. The molecule has 0 aliphatic rings. The molecule has 0 saturated heterocycles. The van der Waals surface area contributed by atoms with Crippen molar-refractivity contribution in [1.82, 2.24) is 9.97 Å². The molecule has 10 aromatic rings. The molecule has 0 spiro atoms. The summed E-state index contributed by atoms with van der Waals surface area (Å²) < 4.78 is 12.5. The van der Waals surface area contributed by atoms with Crippen LogP contribution in [0, 0.1) is 0 Å². The first kappa shape index (κ1) is 28.5. The molecular formula is C44H27N3O2S. The molecule has 0 atom stereocenters. The third kappa shape index (κ3) is 4.85. The first-order valence-corrected chi connectivity index (χ1v) is 17.3. The summed E-state index contributed by atoms with van der Waals surface area (Å²) in [5, 5.41) is 5.47. The highest BCUT2D eigenvalue weighted by Gasteiger charge is 2.19. The van der Waals surface area contributed by atoms with Crippen molar-refractivity contribution in [2.45, 2.75) is 0 Å². The van der Waals surface area contributed by atoms with E-state index in [1.54, 1.807) is 11.3 Å². The summed E-state index contributed by atoms with van der Waals surface area (Å²) in [6.07, 6.45) is 3.67. The fourth-order valence-electron chi connectivity index (χ4n) is 6.83. The zero-order valence-corrected chi connectivity index (χ0v) is 27.5. The molecule has 236 valence electrons. The Bertz CT molecular complexity index is 2750. The van der Waals surface area contributed by atoms with Gasteiger partial charge in [0.15, 0.2) is 0 Å². The topological polar surface area (TPSA) is 55.3 Å². The molecule has 5 nitrogen and oxygen atoms in total. The van der Waals surface area contributed by atoms with E-state index in [-0.39, 0.29) is 0 Å². The van der Waals surface area contributed by atoms with Crippen LogP contribution < -0.4 is 4.90 Å². The number of anilines is 3. The molecule has 10 rings (SSSR count). The minimum absolute atomic E-state index is 0.822. The highest BCUT2D eigenvalue weighted by molar-refractivity contribution is 7.19. The molecule has 50 heavy (non-hydrogen) atoms. The Kier molecular flexibility index (Phi) is 6.60. The van der Waals surface area contributed by atoms with E-state index in [0.29, 0.717) is 0 Å². The van der Waals surface area contributed by atoms with Crippen LogP contribution in [-0.2, 0) is 0 Å². The summed E-state index contributed by atoms with van der Waals surface area (Å²) in [4.78, 5) is 12.7. The lowest BCUT2D eigenvalue weighted by atomic mass is 10.1. The maximum atomic E-state index is 6.33. The fraction of sp³-hybridized carbons (Fsp3) is 0. The average Bonchev–Trinajstić information content (AvgIpc) is 3.90. The highest BCUT2D eigenvalue weighted by atomic mass is 32.1. The van der Waals surface area contributed by atoms with E-state index in [1.165, 1.54) is 0 Å². The second-order valence-corrected chi connectivity index (χ2v) is 13.3. The van der Waals surface area contributed by atoms with E-state index in [0.717, 1.165) is 93.2 Å². The summed E-state index contributed by atoms with van der Waals surface area (Å²) in [6, 6.07) is 52.5. The number of aromatic nitrogens is 2. The quantitative estimate of drug-likeness (QED) is 0.177. The van der Waals surface area contributed by atoms with Gasteiger partial charge in [0.1, 0.15) is 27.3 Å². The first-order chi connectivity index (χ1) is 24.7. The average molecular weight is 662 g/mol. The number of benzene rings is 5. The lowest BCUT2D eigenvalue weighted by molar-refractivity contribution is 0.656. The zero-order valence-electron chi connectivity index (χ0n) is 26.7. The third-order valence-electron chi connectivity index (χ3n) is 9.20. The summed E-state index contributed by atoms with van der Waals surface area (Å²) in [7, 11) is 0. The summed E-state index contributed by atoms with van der Waals surface area (Å²) in [6.45, 7) is 0. The van der Waals surface area contributed by atoms with Crippen LogP contribution in [0.15, 0.2) is 173 Å². The Morgan fingerprint density at radius 1 is 0.420 bits per heavy atom. The van der Waals surface area contributed by atoms with Gasteiger partial charge in [0.2, 0.25) is 0 Å². The second-order valence-electron chi connectivity index (χ2n) is 12.3. The van der Waals surface area contributed by atoms with Crippen LogP contribution >= 0.6 is 11.3 Å². The van der Waals surface area contributed by atoms with Crippen molar-refractivity contribution in [3.63, 3.8) is 0 Å². The predicted molar refractivity (Wildman–Crippen MR) is 205 cm³/mol. The largest absolute Gasteiger partial charge is 0.456 e. The Morgan fingerprint density at radius 2 is 1.04 bits per heavy atom. The molecule has 0 bridgehead atoms. The van der Waals surface area contributed by atoms with Crippen LogP contribution in [0.3, 0.4) is 0 Å². The van der Waals surface area contributed by atoms with Crippen LogP contribution in [0.5, 0.6) is 0 Å². The number of hydrogen-bond donors (Lipinski definition) is 0. The van der Waals surface area contributed by atoms with Crippen LogP contribution in [0.4, 0.5) is 16.4 Å². The maximum Gasteiger partial charge on any atom is 0.139 e. The van der Waals surface area contributed by atoms with Crippen molar-refractivity contribution in [1.29, 1.82) is 0 Å². The van der Waals surface area contributed by atoms with E-state index in [1.807, 2.05) is 73.1 Å². The number of thiophene rings is 1. The van der Waals surface area contributed by atoms with Gasteiger partial charge in [0.25, 0.3) is 0 Å². The first-order valence-electron chi connectivity index (χ1n) is 16.5. The van der Waals surface area contributed by atoms with Crippen LogP contribution in [0.1, 0.15) is 0 Å². The second kappa shape index (κ2) is 11.6. The molecule has 5 aromatic carbocycles. The van der Waals surface area contributed by atoms with Crippen LogP contribution in [-0.4, -0.2) is 9.97 Å². The SMILES string of the molecule is c1ccc(-c2cccc(N(c3cccc(-c4ccccn4)c3)c3ccc(-c4ccc5oc6cc7oc8ccccc8c7cc6c5c4)s3)c2)nc1. The van der Waals surface area contributed by atoms with Crippen molar-refractivity contribution in [2.75, 3.05) is 4.90 Å². The Balaban J connectivity index is 1.09. The standard InChI is InChI=1S/C44H27N3O2S/c1-2-16-39-33(13-1)35-26-36-34-25-30(17-18-40(34)49-42(36)27-41(35)48-39)43-19-20-44(50-43)47(31-11-7-9-28(23-31)37-14-3-5-21-45-37)32-12-8-10-29(24-32)38-15-4-6-22-46-38/h1-27H.